The normalized spacial score (nSPS) is 17.8. The number of carboxylic acid groups (broad SMARTS) is 2. The van der Waals surface area contributed by atoms with Crippen LogP contribution in [-0.4, -0.2) is 73.4 Å². The third kappa shape index (κ3) is 12.6. The Morgan fingerprint density at radius 2 is 1.65 bits per heavy atom. The Balaban J connectivity index is 0.000000620. The van der Waals surface area contributed by atoms with Crippen LogP contribution in [0.2, 0.25) is 0 Å². The molecule has 0 atom stereocenters. The second-order valence-corrected chi connectivity index (χ2v) is 8.37. The quantitative estimate of drug-likeness (QED) is 0.440. The Morgan fingerprint density at radius 3 is 2.18 bits per heavy atom. The van der Waals surface area contributed by atoms with E-state index in [1.165, 1.54) is 12.8 Å². The van der Waals surface area contributed by atoms with Gasteiger partial charge in [0.05, 0.1) is 7.11 Å². The number of benzene rings is 1. The molecule has 3 N–H and O–H groups in total. The first-order valence-electron chi connectivity index (χ1n) is 11.2. The largest absolute Gasteiger partial charge is 0.493 e. The Bertz CT molecular complexity index is 841. The van der Waals surface area contributed by atoms with Gasteiger partial charge in [0.15, 0.2) is 11.5 Å². The third-order valence-corrected chi connectivity index (χ3v) is 5.14. The van der Waals surface area contributed by atoms with Crippen LogP contribution in [0.5, 0.6) is 11.5 Å². The molecule has 0 radical (unpaired) electrons. The number of likely N-dealkylation sites (N-methyl/N-ethyl adjacent to an activating group) is 1. The lowest BCUT2D eigenvalue weighted by Crippen LogP contribution is -2.36. The number of ether oxygens (including phenoxy) is 2. The van der Waals surface area contributed by atoms with E-state index in [4.69, 9.17) is 19.7 Å². The maximum Gasteiger partial charge on any atom is 0.328 e. The summed E-state index contributed by atoms with van der Waals surface area (Å²) in [6, 6.07) is 6.01. The summed E-state index contributed by atoms with van der Waals surface area (Å²) in [6.07, 6.45) is 9.07. The van der Waals surface area contributed by atoms with Crippen molar-refractivity contribution < 1.29 is 34.1 Å². The molecule has 9 heteroatoms. The highest BCUT2D eigenvalue weighted by molar-refractivity contribution is 5.92. The molecule has 0 spiro atoms. The fraction of sp³-hybridized carbons (Fsp3) is 0.480. The summed E-state index contributed by atoms with van der Waals surface area (Å²) in [5, 5.41) is 18.7. The molecule has 0 heterocycles. The minimum Gasteiger partial charge on any atom is -0.493 e. The number of amides is 1. The number of aliphatic carboxylic acids is 2. The SMILES string of the molecule is COc1cc(C=CC(=O)N[C@H]2CC[C@H](C)CC2)ccc1OCCN(C)C.O=C(O)C=CC(=O)O. The molecule has 1 saturated carbocycles. The van der Waals surface area contributed by atoms with Crippen LogP contribution in [0.25, 0.3) is 6.08 Å². The molecular weight excluding hydrogens is 440 g/mol. The van der Waals surface area contributed by atoms with Gasteiger partial charge in [-0.25, -0.2) is 9.59 Å². The minimum atomic E-state index is -1.26. The molecule has 1 fully saturated rings. The summed E-state index contributed by atoms with van der Waals surface area (Å²) in [6.45, 7) is 3.71. The van der Waals surface area contributed by atoms with Gasteiger partial charge in [-0.2, -0.15) is 0 Å². The number of carbonyl (C=O) groups excluding carboxylic acids is 1. The number of hydrogen-bond donors (Lipinski definition) is 3. The van der Waals surface area contributed by atoms with Gasteiger partial charge in [0.25, 0.3) is 0 Å². The Morgan fingerprint density at radius 1 is 1.03 bits per heavy atom. The second kappa shape index (κ2) is 15.5. The van der Waals surface area contributed by atoms with Crippen LogP contribution >= 0.6 is 0 Å². The zero-order valence-electron chi connectivity index (χ0n) is 20.3. The Hall–Kier alpha value is -3.33. The highest BCUT2D eigenvalue weighted by Gasteiger charge is 2.18. The molecule has 34 heavy (non-hydrogen) atoms. The molecule has 1 aromatic carbocycles. The van der Waals surface area contributed by atoms with Gasteiger partial charge in [0.1, 0.15) is 6.61 Å². The third-order valence-electron chi connectivity index (χ3n) is 5.14. The van der Waals surface area contributed by atoms with Crippen molar-refractivity contribution >= 4 is 23.9 Å². The van der Waals surface area contributed by atoms with Crippen molar-refractivity contribution in [3.8, 4) is 11.5 Å². The van der Waals surface area contributed by atoms with Gasteiger partial charge in [-0.3, -0.25) is 4.79 Å². The van der Waals surface area contributed by atoms with E-state index >= 15 is 0 Å². The average Bonchev–Trinajstić information content (AvgIpc) is 2.78. The lowest BCUT2D eigenvalue weighted by molar-refractivity contribution is -0.134. The van der Waals surface area contributed by atoms with Crippen molar-refractivity contribution in [2.45, 2.75) is 38.6 Å². The fourth-order valence-corrected chi connectivity index (χ4v) is 3.21. The van der Waals surface area contributed by atoms with Crippen LogP contribution in [0.15, 0.2) is 36.4 Å². The van der Waals surface area contributed by atoms with E-state index < -0.39 is 11.9 Å². The minimum absolute atomic E-state index is 0.0326. The van der Waals surface area contributed by atoms with Crippen molar-refractivity contribution in [1.82, 2.24) is 10.2 Å². The zero-order chi connectivity index (χ0) is 25.5. The summed E-state index contributed by atoms with van der Waals surface area (Å²) in [7, 11) is 5.64. The summed E-state index contributed by atoms with van der Waals surface area (Å²) in [5.41, 5.74) is 0.911. The monoisotopic (exact) mass is 476 g/mol. The van der Waals surface area contributed by atoms with Gasteiger partial charge < -0.3 is 29.9 Å². The van der Waals surface area contributed by atoms with Gasteiger partial charge in [-0.05, 0) is 69.5 Å². The van der Waals surface area contributed by atoms with E-state index in [2.05, 4.69) is 17.1 Å². The topological polar surface area (TPSA) is 125 Å². The molecule has 1 amide bonds. The number of nitrogens with zero attached hydrogens (tertiary/aromatic N) is 1. The van der Waals surface area contributed by atoms with Crippen molar-refractivity contribution in [3.05, 3.63) is 42.0 Å². The maximum absolute atomic E-state index is 12.1. The molecule has 1 aromatic rings. The van der Waals surface area contributed by atoms with Gasteiger partial charge in [0.2, 0.25) is 5.91 Å². The van der Waals surface area contributed by atoms with E-state index in [0.29, 0.717) is 36.3 Å². The number of nitrogens with one attached hydrogen (secondary N) is 1. The molecule has 2 rings (SSSR count). The number of carbonyl (C=O) groups is 3. The fourth-order valence-electron chi connectivity index (χ4n) is 3.21. The van der Waals surface area contributed by atoms with E-state index in [1.807, 2.05) is 38.4 Å². The highest BCUT2D eigenvalue weighted by atomic mass is 16.5. The first-order chi connectivity index (χ1) is 16.1. The van der Waals surface area contributed by atoms with Crippen LogP contribution in [0.1, 0.15) is 38.2 Å². The van der Waals surface area contributed by atoms with Gasteiger partial charge in [0, 0.05) is 30.8 Å². The first-order valence-corrected chi connectivity index (χ1v) is 11.2. The molecule has 0 aliphatic heterocycles. The van der Waals surface area contributed by atoms with Gasteiger partial charge in [-0.15, -0.1) is 0 Å². The molecule has 0 bridgehead atoms. The van der Waals surface area contributed by atoms with E-state index in [-0.39, 0.29) is 5.91 Å². The van der Waals surface area contributed by atoms with Crippen LogP contribution in [0.3, 0.4) is 0 Å². The van der Waals surface area contributed by atoms with E-state index in [0.717, 1.165) is 30.9 Å². The number of carboxylic acids is 2. The van der Waals surface area contributed by atoms with E-state index in [1.54, 1.807) is 13.2 Å². The van der Waals surface area contributed by atoms with Crippen LogP contribution in [0, 0.1) is 5.92 Å². The highest BCUT2D eigenvalue weighted by Crippen LogP contribution is 2.28. The molecule has 0 unspecified atom stereocenters. The van der Waals surface area contributed by atoms with Gasteiger partial charge >= 0.3 is 11.9 Å². The van der Waals surface area contributed by atoms with Crippen LogP contribution in [0.4, 0.5) is 0 Å². The smallest absolute Gasteiger partial charge is 0.328 e. The lowest BCUT2D eigenvalue weighted by Gasteiger charge is -2.26. The summed E-state index contributed by atoms with van der Waals surface area (Å²) in [5.74, 6) is -0.376. The molecule has 0 aromatic heterocycles. The van der Waals surface area contributed by atoms with Gasteiger partial charge in [-0.1, -0.05) is 13.0 Å². The molecule has 0 saturated heterocycles. The average molecular weight is 477 g/mol. The summed E-state index contributed by atoms with van der Waals surface area (Å²) >= 11 is 0. The molecular formula is C25H36N2O7. The molecule has 9 nitrogen and oxygen atoms in total. The zero-order valence-corrected chi connectivity index (χ0v) is 20.3. The van der Waals surface area contributed by atoms with Crippen LogP contribution in [-0.2, 0) is 14.4 Å². The number of methoxy groups -OCH3 is 1. The predicted molar refractivity (Wildman–Crippen MR) is 130 cm³/mol. The molecule has 1 aliphatic carbocycles. The second-order valence-electron chi connectivity index (χ2n) is 8.37. The Labute approximate surface area is 201 Å². The number of hydrogen-bond acceptors (Lipinski definition) is 6. The van der Waals surface area contributed by atoms with E-state index in [9.17, 15) is 14.4 Å². The van der Waals surface area contributed by atoms with Crippen molar-refractivity contribution in [1.29, 1.82) is 0 Å². The molecule has 188 valence electrons. The predicted octanol–water partition coefficient (Wildman–Crippen LogP) is 3.06. The maximum atomic E-state index is 12.1. The Kier molecular flexibility index (Phi) is 13.1. The summed E-state index contributed by atoms with van der Waals surface area (Å²) < 4.78 is 11.2. The van der Waals surface area contributed by atoms with Crippen molar-refractivity contribution in [2.24, 2.45) is 5.92 Å². The molecule has 1 aliphatic rings. The summed E-state index contributed by atoms with van der Waals surface area (Å²) in [4.78, 5) is 33.3. The standard InChI is InChI=1S/C21H32N2O3.C4H4O4/c1-16-5-9-18(10-6-16)22-21(24)12-8-17-7-11-19(20(15-17)25-4)26-14-13-23(2)3;5-3(6)1-2-4(7)8/h7-8,11-12,15-16,18H,5-6,9-10,13-14H2,1-4H3,(H,22,24);1-2H,(H,5,6)(H,7,8)/t16-,18-;. The lowest BCUT2D eigenvalue weighted by atomic mass is 9.87. The first kappa shape index (κ1) is 28.7. The number of rotatable bonds is 10. The van der Waals surface area contributed by atoms with Crippen molar-refractivity contribution in [2.75, 3.05) is 34.4 Å². The van der Waals surface area contributed by atoms with Crippen LogP contribution < -0.4 is 14.8 Å². The van der Waals surface area contributed by atoms with Crippen molar-refractivity contribution in [3.63, 3.8) is 0 Å².